The van der Waals surface area contributed by atoms with Gasteiger partial charge in [-0.25, -0.2) is 4.98 Å². The number of pyridine rings is 1. The highest BCUT2D eigenvalue weighted by Crippen LogP contribution is 2.32. The monoisotopic (exact) mass is 350 g/mol. The largest absolute Gasteiger partial charge is 0.416 e. The van der Waals surface area contributed by atoms with Crippen molar-refractivity contribution in [2.24, 2.45) is 0 Å². The van der Waals surface area contributed by atoms with Crippen molar-refractivity contribution in [1.82, 2.24) is 9.97 Å². The minimum Gasteiger partial charge on any atom is -0.387 e. The second-order valence-electron chi connectivity index (χ2n) is 4.95. The van der Waals surface area contributed by atoms with Gasteiger partial charge in [0.25, 0.3) is 0 Å². The Labute approximate surface area is 140 Å². The van der Waals surface area contributed by atoms with Gasteiger partial charge in [-0.15, -0.1) is 11.3 Å². The van der Waals surface area contributed by atoms with Crippen LogP contribution >= 0.6 is 11.3 Å². The third kappa shape index (κ3) is 3.65. The van der Waals surface area contributed by atoms with Crippen molar-refractivity contribution in [2.75, 3.05) is 17.7 Å². The van der Waals surface area contributed by atoms with Crippen LogP contribution < -0.4 is 10.6 Å². The zero-order chi connectivity index (χ0) is 17.2. The molecule has 0 unspecified atom stereocenters. The maximum atomic E-state index is 12.7. The number of rotatable bonds is 4. The standard InChI is InChI=1S/C16H13F3N4S/c1-20-13-5-10(7-21-8-13)14-9-24-15(23-14)22-12-4-2-3-11(6-12)16(17,18)19/h2-9,20H,1H3,(H,22,23). The van der Waals surface area contributed by atoms with Gasteiger partial charge in [0.2, 0.25) is 0 Å². The number of hydrogen-bond donors (Lipinski definition) is 2. The van der Waals surface area contributed by atoms with E-state index < -0.39 is 11.7 Å². The first-order chi connectivity index (χ1) is 11.5. The molecule has 0 aliphatic rings. The number of anilines is 3. The molecule has 8 heteroatoms. The maximum absolute atomic E-state index is 12.7. The van der Waals surface area contributed by atoms with Crippen LogP contribution in [0.4, 0.5) is 29.7 Å². The zero-order valence-electron chi connectivity index (χ0n) is 12.6. The lowest BCUT2D eigenvalue weighted by atomic mass is 10.2. The summed E-state index contributed by atoms with van der Waals surface area (Å²) in [5.74, 6) is 0. The maximum Gasteiger partial charge on any atom is 0.416 e. The lowest BCUT2D eigenvalue weighted by Crippen LogP contribution is -2.05. The average molecular weight is 350 g/mol. The Morgan fingerprint density at radius 1 is 1.08 bits per heavy atom. The van der Waals surface area contributed by atoms with E-state index in [0.29, 0.717) is 16.5 Å². The quantitative estimate of drug-likeness (QED) is 0.694. The Morgan fingerprint density at radius 3 is 2.67 bits per heavy atom. The summed E-state index contributed by atoms with van der Waals surface area (Å²) in [5, 5.41) is 8.24. The van der Waals surface area contributed by atoms with E-state index in [-0.39, 0.29) is 0 Å². The molecule has 0 radical (unpaired) electrons. The molecule has 2 aromatic heterocycles. The van der Waals surface area contributed by atoms with E-state index in [1.807, 2.05) is 11.4 Å². The molecule has 3 aromatic rings. The summed E-state index contributed by atoms with van der Waals surface area (Å²) in [4.78, 5) is 8.52. The van der Waals surface area contributed by atoms with E-state index in [4.69, 9.17) is 0 Å². The predicted octanol–water partition coefficient (Wildman–Crippen LogP) is 5.01. The fraction of sp³-hybridized carbons (Fsp3) is 0.125. The van der Waals surface area contributed by atoms with Crippen LogP contribution in [0.5, 0.6) is 0 Å². The molecular weight excluding hydrogens is 337 g/mol. The summed E-state index contributed by atoms with van der Waals surface area (Å²) in [6.45, 7) is 0. The summed E-state index contributed by atoms with van der Waals surface area (Å²) in [6, 6.07) is 6.92. The number of halogens is 3. The van der Waals surface area contributed by atoms with Crippen LogP contribution in [0.1, 0.15) is 5.56 Å². The smallest absolute Gasteiger partial charge is 0.387 e. The summed E-state index contributed by atoms with van der Waals surface area (Å²) >= 11 is 1.31. The lowest BCUT2D eigenvalue weighted by molar-refractivity contribution is -0.137. The molecule has 4 nitrogen and oxygen atoms in total. The van der Waals surface area contributed by atoms with Crippen molar-refractivity contribution >= 4 is 27.8 Å². The second-order valence-corrected chi connectivity index (χ2v) is 5.81. The average Bonchev–Trinajstić information content (AvgIpc) is 3.03. The zero-order valence-corrected chi connectivity index (χ0v) is 13.4. The number of nitrogens with one attached hydrogen (secondary N) is 2. The minimum atomic E-state index is -4.37. The molecule has 2 N–H and O–H groups in total. The normalized spacial score (nSPS) is 11.3. The molecule has 0 saturated heterocycles. The van der Waals surface area contributed by atoms with E-state index in [1.165, 1.54) is 17.4 Å². The van der Waals surface area contributed by atoms with E-state index in [9.17, 15) is 13.2 Å². The van der Waals surface area contributed by atoms with Crippen molar-refractivity contribution in [3.8, 4) is 11.3 Å². The molecule has 1 aromatic carbocycles. The molecule has 0 bridgehead atoms. The van der Waals surface area contributed by atoms with E-state index in [1.54, 1.807) is 25.5 Å². The van der Waals surface area contributed by atoms with Gasteiger partial charge < -0.3 is 10.6 Å². The third-order valence-electron chi connectivity index (χ3n) is 3.27. The molecule has 0 atom stereocenters. The molecule has 0 aliphatic heterocycles. The Bertz CT molecular complexity index is 845. The topological polar surface area (TPSA) is 49.8 Å². The lowest BCUT2D eigenvalue weighted by Gasteiger charge is -2.09. The highest BCUT2D eigenvalue weighted by atomic mass is 32.1. The van der Waals surface area contributed by atoms with Crippen molar-refractivity contribution in [1.29, 1.82) is 0 Å². The molecule has 0 spiro atoms. The summed E-state index contributed by atoms with van der Waals surface area (Å²) in [6.07, 6.45) is -0.993. The first-order valence-electron chi connectivity index (χ1n) is 6.99. The Morgan fingerprint density at radius 2 is 1.92 bits per heavy atom. The Balaban J connectivity index is 1.81. The van der Waals surface area contributed by atoms with E-state index in [2.05, 4.69) is 20.6 Å². The van der Waals surface area contributed by atoms with Crippen LogP contribution in [0, 0.1) is 0 Å². The number of nitrogens with zero attached hydrogens (tertiary/aromatic N) is 2. The molecule has 0 saturated carbocycles. The van der Waals surface area contributed by atoms with Crippen molar-refractivity contribution in [3.05, 3.63) is 53.7 Å². The highest BCUT2D eigenvalue weighted by molar-refractivity contribution is 7.14. The van der Waals surface area contributed by atoms with Crippen LogP contribution in [0.3, 0.4) is 0 Å². The van der Waals surface area contributed by atoms with E-state index >= 15 is 0 Å². The molecule has 0 aliphatic carbocycles. The van der Waals surface area contributed by atoms with Crippen molar-refractivity contribution in [2.45, 2.75) is 6.18 Å². The van der Waals surface area contributed by atoms with Gasteiger partial charge in [0, 0.05) is 36.1 Å². The predicted molar refractivity (Wildman–Crippen MR) is 89.6 cm³/mol. The second kappa shape index (κ2) is 6.48. The van der Waals surface area contributed by atoms with Gasteiger partial charge in [-0.2, -0.15) is 13.2 Å². The van der Waals surface area contributed by atoms with Crippen molar-refractivity contribution in [3.63, 3.8) is 0 Å². The molecule has 2 heterocycles. The fourth-order valence-corrected chi connectivity index (χ4v) is 2.82. The first-order valence-corrected chi connectivity index (χ1v) is 7.86. The fourth-order valence-electron chi connectivity index (χ4n) is 2.08. The van der Waals surface area contributed by atoms with Gasteiger partial charge in [-0.05, 0) is 24.3 Å². The number of aromatic nitrogens is 2. The third-order valence-corrected chi connectivity index (χ3v) is 4.03. The Hall–Kier alpha value is -2.61. The van der Waals surface area contributed by atoms with Crippen LogP contribution in [0.15, 0.2) is 48.1 Å². The number of benzene rings is 1. The molecular formula is C16H13F3N4S. The summed E-state index contributed by atoms with van der Waals surface area (Å²) in [7, 11) is 1.79. The summed E-state index contributed by atoms with van der Waals surface area (Å²) in [5.41, 5.74) is 2.03. The van der Waals surface area contributed by atoms with Gasteiger partial charge in [0.15, 0.2) is 5.13 Å². The molecule has 3 rings (SSSR count). The van der Waals surface area contributed by atoms with Gasteiger partial charge in [0.1, 0.15) is 0 Å². The number of hydrogen-bond acceptors (Lipinski definition) is 5. The Kier molecular flexibility index (Phi) is 4.39. The van der Waals surface area contributed by atoms with E-state index in [0.717, 1.165) is 23.4 Å². The highest BCUT2D eigenvalue weighted by Gasteiger charge is 2.30. The van der Waals surface area contributed by atoms with Crippen LogP contribution in [-0.4, -0.2) is 17.0 Å². The van der Waals surface area contributed by atoms with Crippen LogP contribution in [-0.2, 0) is 6.18 Å². The van der Waals surface area contributed by atoms with Crippen LogP contribution in [0.25, 0.3) is 11.3 Å². The number of thiazole rings is 1. The summed E-state index contributed by atoms with van der Waals surface area (Å²) < 4.78 is 38.2. The van der Waals surface area contributed by atoms with Crippen LogP contribution in [0.2, 0.25) is 0 Å². The van der Waals surface area contributed by atoms with Gasteiger partial charge in [-0.3, -0.25) is 4.98 Å². The first kappa shape index (κ1) is 16.3. The van der Waals surface area contributed by atoms with Gasteiger partial charge in [-0.1, -0.05) is 6.07 Å². The van der Waals surface area contributed by atoms with Gasteiger partial charge in [0.05, 0.1) is 16.9 Å². The molecule has 24 heavy (non-hydrogen) atoms. The molecule has 0 amide bonds. The van der Waals surface area contributed by atoms with Crippen molar-refractivity contribution < 1.29 is 13.2 Å². The minimum absolute atomic E-state index is 0.341. The number of alkyl halides is 3. The SMILES string of the molecule is CNc1cncc(-c2csc(Nc3cccc(C(F)(F)F)c3)n2)c1. The van der Waals surface area contributed by atoms with Gasteiger partial charge >= 0.3 is 6.18 Å². The molecule has 124 valence electrons. The molecule has 0 fully saturated rings.